The fourth-order valence-corrected chi connectivity index (χ4v) is 3.83. The molecule has 0 amide bonds. The predicted octanol–water partition coefficient (Wildman–Crippen LogP) is 4.24. The van der Waals surface area contributed by atoms with Crippen molar-refractivity contribution in [3.63, 3.8) is 0 Å². The Morgan fingerprint density at radius 2 is 1.12 bits per heavy atom. The van der Waals surface area contributed by atoms with Crippen LogP contribution < -0.4 is 15.6 Å². The highest BCUT2D eigenvalue weighted by molar-refractivity contribution is 7.80. The molecule has 0 aliphatic heterocycles. The van der Waals surface area contributed by atoms with Crippen molar-refractivity contribution >= 4 is 46.1 Å². The van der Waals surface area contributed by atoms with Gasteiger partial charge in [-0.2, -0.15) is 10.2 Å². The van der Waals surface area contributed by atoms with Gasteiger partial charge >= 0.3 is 0 Å². The highest BCUT2D eigenvalue weighted by atomic mass is 32.1. The Kier molecular flexibility index (Phi) is 11.4. The third-order valence-electron chi connectivity index (χ3n) is 5.26. The SMILES string of the molecule is CCN(CC)C(=S)N/N=C(/C(=N/NC(=S)N(CC)CC)c1ccc(OC)cc1)c1ccccc1. The molecule has 34 heavy (non-hydrogen) atoms. The van der Waals surface area contributed by atoms with E-state index in [9.17, 15) is 0 Å². The van der Waals surface area contributed by atoms with Crippen LogP contribution >= 0.6 is 24.4 Å². The number of benzene rings is 2. The number of rotatable bonds is 10. The van der Waals surface area contributed by atoms with E-state index in [2.05, 4.69) is 38.5 Å². The molecule has 0 aromatic heterocycles. The third-order valence-corrected chi connectivity index (χ3v) is 5.96. The molecule has 0 heterocycles. The average Bonchev–Trinajstić information content (AvgIpc) is 2.88. The van der Waals surface area contributed by atoms with E-state index in [0.29, 0.717) is 21.6 Å². The van der Waals surface area contributed by atoms with Crippen LogP contribution in [0.5, 0.6) is 5.75 Å². The van der Waals surface area contributed by atoms with Gasteiger partial charge in [0.25, 0.3) is 0 Å². The molecule has 0 bridgehead atoms. The normalized spacial score (nSPS) is 11.6. The summed E-state index contributed by atoms with van der Waals surface area (Å²) in [5.41, 5.74) is 9.12. The van der Waals surface area contributed by atoms with Gasteiger partial charge in [0.15, 0.2) is 10.2 Å². The second kappa shape index (κ2) is 14.3. The number of nitrogens with zero attached hydrogens (tertiary/aromatic N) is 4. The summed E-state index contributed by atoms with van der Waals surface area (Å²) >= 11 is 11.1. The highest BCUT2D eigenvalue weighted by Gasteiger charge is 2.17. The Bertz CT molecular complexity index is 984. The summed E-state index contributed by atoms with van der Waals surface area (Å²) in [5, 5.41) is 10.5. The van der Waals surface area contributed by atoms with Crippen LogP contribution in [0.1, 0.15) is 38.8 Å². The number of methoxy groups -OCH3 is 1. The predicted molar refractivity (Wildman–Crippen MR) is 150 cm³/mol. The first-order chi connectivity index (χ1) is 16.5. The molecule has 2 aromatic rings. The maximum atomic E-state index is 5.56. The lowest BCUT2D eigenvalue weighted by Crippen LogP contribution is -2.39. The first-order valence-electron chi connectivity index (χ1n) is 11.4. The molecule has 182 valence electrons. The van der Waals surface area contributed by atoms with Crippen molar-refractivity contribution in [1.82, 2.24) is 20.7 Å². The van der Waals surface area contributed by atoms with Gasteiger partial charge in [0.2, 0.25) is 0 Å². The standard InChI is InChI=1S/C25H34N6OS2/c1-6-30(7-2)24(33)28-26-22(19-13-11-10-12-14-19)23(20-15-17-21(32-5)18-16-20)27-29-25(34)31(8-3)9-4/h10-18H,6-9H2,1-5H3,(H,28,33)(H,29,34)/b26-22+,27-23+. The van der Waals surface area contributed by atoms with E-state index < -0.39 is 0 Å². The van der Waals surface area contributed by atoms with Crippen LogP contribution in [0.25, 0.3) is 0 Å². The zero-order valence-electron chi connectivity index (χ0n) is 20.5. The Labute approximate surface area is 213 Å². The first kappa shape index (κ1) is 27.2. The molecule has 0 fully saturated rings. The summed E-state index contributed by atoms with van der Waals surface area (Å²) in [6.45, 7) is 11.4. The minimum absolute atomic E-state index is 0.551. The summed E-state index contributed by atoms with van der Waals surface area (Å²) in [6.07, 6.45) is 0. The van der Waals surface area contributed by atoms with E-state index in [1.807, 2.05) is 64.4 Å². The van der Waals surface area contributed by atoms with Gasteiger partial charge in [-0.15, -0.1) is 0 Å². The van der Waals surface area contributed by atoms with Gasteiger partial charge in [-0.05, 0) is 76.4 Å². The molecule has 0 aliphatic carbocycles. The Morgan fingerprint density at radius 3 is 1.50 bits per heavy atom. The van der Waals surface area contributed by atoms with Crippen molar-refractivity contribution in [2.75, 3.05) is 33.3 Å². The summed E-state index contributed by atoms with van der Waals surface area (Å²) in [6, 6.07) is 17.6. The zero-order valence-corrected chi connectivity index (χ0v) is 22.2. The number of hydrazone groups is 2. The van der Waals surface area contributed by atoms with Crippen molar-refractivity contribution in [3.05, 3.63) is 65.7 Å². The number of hydrogen-bond donors (Lipinski definition) is 2. The number of hydrogen-bond acceptors (Lipinski definition) is 5. The molecule has 0 aliphatic rings. The minimum Gasteiger partial charge on any atom is -0.497 e. The van der Waals surface area contributed by atoms with Crippen LogP contribution in [0.3, 0.4) is 0 Å². The van der Waals surface area contributed by atoms with E-state index in [0.717, 1.165) is 43.1 Å². The Hall–Kier alpha value is -3.04. The fourth-order valence-electron chi connectivity index (χ4n) is 3.22. The van der Waals surface area contributed by atoms with Crippen LogP contribution in [-0.4, -0.2) is 64.7 Å². The molecule has 0 radical (unpaired) electrons. The molecule has 2 rings (SSSR count). The van der Waals surface area contributed by atoms with Crippen LogP contribution in [0.15, 0.2) is 64.8 Å². The molecule has 0 spiro atoms. The van der Waals surface area contributed by atoms with Gasteiger partial charge < -0.3 is 14.5 Å². The fraction of sp³-hybridized carbons (Fsp3) is 0.360. The number of nitrogens with one attached hydrogen (secondary N) is 2. The van der Waals surface area contributed by atoms with E-state index in [1.54, 1.807) is 7.11 Å². The molecule has 0 unspecified atom stereocenters. The highest BCUT2D eigenvalue weighted by Crippen LogP contribution is 2.15. The minimum atomic E-state index is 0.551. The Morgan fingerprint density at radius 1 is 0.706 bits per heavy atom. The van der Waals surface area contributed by atoms with Gasteiger partial charge in [-0.25, -0.2) is 0 Å². The molecule has 7 nitrogen and oxygen atoms in total. The average molecular weight is 499 g/mol. The topological polar surface area (TPSA) is 64.5 Å². The zero-order chi connectivity index (χ0) is 24.9. The summed E-state index contributed by atoms with van der Waals surface area (Å²) in [5.74, 6) is 0.758. The second-order valence-corrected chi connectivity index (χ2v) is 7.97. The first-order valence-corrected chi connectivity index (χ1v) is 12.3. The van der Waals surface area contributed by atoms with Gasteiger partial charge in [0.05, 0.1) is 7.11 Å². The van der Waals surface area contributed by atoms with Crippen LogP contribution in [0, 0.1) is 0 Å². The molecule has 0 saturated heterocycles. The van der Waals surface area contributed by atoms with Gasteiger partial charge in [-0.3, -0.25) is 10.9 Å². The van der Waals surface area contributed by atoms with Gasteiger partial charge in [-0.1, -0.05) is 30.3 Å². The quantitative estimate of drug-likeness (QED) is 0.289. The van der Waals surface area contributed by atoms with Crippen molar-refractivity contribution in [3.8, 4) is 5.75 Å². The molecule has 9 heteroatoms. The van der Waals surface area contributed by atoms with Crippen molar-refractivity contribution in [2.24, 2.45) is 10.2 Å². The van der Waals surface area contributed by atoms with E-state index >= 15 is 0 Å². The number of thiocarbonyl (C=S) groups is 2. The van der Waals surface area contributed by atoms with E-state index in [-0.39, 0.29) is 0 Å². The molecular weight excluding hydrogens is 464 g/mol. The lowest BCUT2D eigenvalue weighted by molar-refractivity contribution is 0.415. The van der Waals surface area contributed by atoms with E-state index in [4.69, 9.17) is 39.4 Å². The van der Waals surface area contributed by atoms with Crippen molar-refractivity contribution < 1.29 is 4.74 Å². The molecule has 2 aromatic carbocycles. The monoisotopic (exact) mass is 498 g/mol. The van der Waals surface area contributed by atoms with Crippen LogP contribution in [0.4, 0.5) is 0 Å². The van der Waals surface area contributed by atoms with Crippen molar-refractivity contribution in [1.29, 1.82) is 0 Å². The Balaban J connectivity index is 2.57. The van der Waals surface area contributed by atoms with Crippen LogP contribution in [-0.2, 0) is 0 Å². The largest absolute Gasteiger partial charge is 0.497 e. The maximum absolute atomic E-state index is 5.56. The summed E-state index contributed by atoms with van der Waals surface area (Å²) in [4.78, 5) is 4.05. The van der Waals surface area contributed by atoms with E-state index in [1.165, 1.54) is 0 Å². The maximum Gasteiger partial charge on any atom is 0.189 e. The molecule has 2 N–H and O–H groups in total. The number of ether oxygens (including phenoxy) is 1. The summed E-state index contributed by atoms with van der Waals surface area (Å²) < 4.78 is 5.33. The molecule has 0 atom stereocenters. The third kappa shape index (κ3) is 7.50. The second-order valence-electron chi connectivity index (χ2n) is 7.19. The lowest BCUT2D eigenvalue weighted by Gasteiger charge is -2.22. The van der Waals surface area contributed by atoms with Crippen LogP contribution in [0.2, 0.25) is 0 Å². The lowest BCUT2D eigenvalue weighted by atomic mass is 10.00. The van der Waals surface area contributed by atoms with Gasteiger partial charge in [0, 0.05) is 37.3 Å². The van der Waals surface area contributed by atoms with Gasteiger partial charge in [0.1, 0.15) is 17.2 Å². The summed E-state index contributed by atoms with van der Waals surface area (Å²) in [7, 11) is 1.64. The van der Waals surface area contributed by atoms with Crippen molar-refractivity contribution in [2.45, 2.75) is 27.7 Å². The molecule has 0 saturated carbocycles. The smallest absolute Gasteiger partial charge is 0.189 e. The molecular formula is C25H34N6OS2.